The minimum atomic E-state index is -0.565. The number of hydrogen-bond acceptors (Lipinski definition) is 3. The van der Waals surface area contributed by atoms with Crippen molar-refractivity contribution in [2.45, 2.75) is 12.5 Å². The van der Waals surface area contributed by atoms with Crippen LogP contribution in [0.1, 0.15) is 18.0 Å². The van der Waals surface area contributed by atoms with Gasteiger partial charge in [0.05, 0.1) is 0 Å². The van der Waals surface area contributed by atoms with Crippen LogP contribution in [-0.4, -0.2) is 37.5 Å². The van der Waals surface area contributed by atoms with Gasteiger partial charge in [0.25, 0.3) is 0 Å². The zero-order valence-electron chi connectivity index (χ0n) is 10.8. The monoisotopic (exact) mass is 247 g/mol. The fraction of sp³-hybridized carbons (Fsp3) is 0.500. The minimum absolute atomic E-state index is 0.0873. The van der Waals surface area contributed by atoms with Gasteiger partial charge in [-0.3, -0.25) is 4.79 Å². The van der Waals surface area contributed by atoms with Crippen molar-refractivity contribution < 1.29 is 4.79 Å². The predicted molar refractivity (Wildman–Crippen MR) is 72.0 cm³/mol. The Balaban J connectivity index is 1.81. The molecule has 0 radical (unpaired) electrons. The molecule has 3 N–H and O–H groups in total. The van der Waals surface area contributed by atoms with E-state index in [1.165, 1.54) is 0 Å². The first-order chi connectivity index (χ1) is 8.66. The van der Waals surface area contributed by atoms with E-state index in [2.05, 4.69) is 17.3 Å². The minimum Gasteiger partial charge on any atom is -0.354 e. The average Bonchev–Trinajstić information content (AvgIpc) is 2.82. The van der Waals surface area contributed by atoms with Gasteiger partial charge >= 0.3 is 0 Å². The molecule has 18 heavy (non-hydrogen) atoms. The molecular weight excluding hydrogens is 226 g/mol. The predicted octanol–water partition coefficient (Wildman–Crippen LogP) is 0.754. The van der Waals surface area contributed by atoms with Crippen LogP contribution >= 0.6 is 0 Å². The van der Waals surface area contributed by atoms with Crippen LogP contribution in [-0.2, 0) is 4.79 Å². The number of nitrogens with zero attached hydrogens (tertiary/aromatic N) is 1. The highest BCUT2D eigenvalue weighted by Gasteiger charge is 2.21. The first-order valence-electron chi connectivity index (χ1n) is 6.43. The lowest BCUT2D eigenvalue weighted by molar-refractivity contribution is -0.122. The normalized spacial score (nSPS) is 21.8. The largest absolute Gasteiger partial charge is 0.354 e. The van der Waals surface area contributed by atoms with Crippen molar-refractivity contribution >= 4 is 5.91 Å². The third-order valence-electron chi connectivity index (χ3n) is 3.50. The summed E-state index contributed by atoms with van der Waals surface area (Å²) in [6.45, 7) is 2.90. The van der Waals surface area contributed by atoms with Crippen molar-refractivity contribution in [3.05, 3.63) is 35.9 Å². The molecule has 1 aromatic rings. The zero-order chi connectivity index (χ0) is 13.0. The first-order valence-corrected chi connectivity index (χ1v) is 6.43. The highest BCUT2D eigenvalue weighted by molar-refractivity contribution is 5.82. The van der Waals surface area contributed by atoms with E-state index in [1.54, 1.807) is 0 Å². The lowest BCUT2D eigenvalue weighted by atomic mass is 10.1. The summed E-state index contributed by atoms with van der Waals surface area (Å²) in [6, 6.07) is 8.91. The van der Waals surface area contributed by atoms with Crippen molar-refractivity contribution in [3.63, 3.8) is 0 Å². The third kappa shape index (κ3) is 3.31. The van der Waals surface area contributed by atoms with Gasteiger partial charge in [-0.25, -0.2) is 0 Å². The van der Waals surface area contributed by atoms with Gasteiger partial charge in [0.2, 0.25) is 5.91 Å². The molecule has 1 fully saturated rings. The van der Waals surface area contributed by atoms with E-state index in [4.69, 9.17) is 5.73 Å². The van der Waals surface area contributed by atoms with Crippen LogP contribution < -0.4 is 11.1 Å². The summed E-state index contributed by atoms with van der Waals surface area (Å²) in [4.78, 5) is 14.2. The molecule has 0 spiro atoms. The molecule has 0 aliphatic carbocycles. The van der Waals surface area contributed by atoms with Crippen molar-refractivity contribution in [1.29, 1.82) is 0 Å². The maximum absolute atomic E-state index is 11.9. The van der Waals surface area contributed by atoms with Crippen LogP contribution in [0, 0.1) is 5.92 Å². The maximum Gasteiger partial charge on any atom is 0.241 e. The molecule has 1 amide bonds. The number of likely N-dealkylation sites (tertiary alicyclic amines) is 1. The van der Waals surface area contributed by atoms with E-state index in [0.29, 0.717) is 5.92 Å². The number of nitrogens with two attached hydrogens (primary N) is 1. The molecule has 1 aliphatic heterocycles. The highest BCUT2D eigenvalue weighted by atomic mass is 16.2. The number of rotatable bonds is 4. The summed E-state index contributed by atoms with van der Waals surface area (Å²) in [5.41, 5.74) is 6.79. The Labute approximate surface area is 108 Å². The van der Waals surface area contributed by atoms with E-state index in [9.17, 15) is 4.79 Å². The molecular formula is C14H21N3O. The number of benzene rings is 1. The maximum atomic E-state index is 11.9. The second kappa shape index (κ2) is 5.98. The molecule has 2 atom stereocenters. The first kappa shape index (κ1) is 13.1. The van der Waals surface area contributed by atoms with Crippen LogP contribution in [0.15, 0.2) is 30.3 Å². The van der Waals surface area contributed by atoms with Crippen LogP contribution in [0.2, 0.25) is 0 Å². The molecule has 4 heteroatoms. The van der Waals surface area contributed by atoms with E-state index in [1.807, 2.05) is 30.3 Å². The number of amides is 1. The number of nitrogens with one attached hydrogen (secondary N) is 1. The lowest BCUT2D eigenvalue weighted by Gasteiger charge is -2.15. The number of carbonyl (C=O) groups is 1. The fourth-order valence-electron chi connectivity index (χ4n) is 2.36. The average molecular weight is 247 g/mol. The summed E-state index contributed by atoms with van der Waals surface area (Å²) in [7, 11) is 2.11. The second-order valence-corrected chi connectivity index (χ2v) is 5.05. The Morgan fingerprint density at radius 2 is 2.22 bits per heavy atom. The van der Waals surface area contributed by atoms with Gasteiger partial charge in [0.15, 0.2) is 0 Å². The molecule has 1 saturated heterocycles. The Morgan fingerprint density at radius 1 is 1.50 bits per heavy atom. The van der Waals surface area contributed by atoms with E-state index < -0.39 is 6.04 Å². The van der Waals surface area contributed by atoms with Gasteiger partial charge in [0, 0.05) is 13.1 Å². The SMILES string of the molecule is CN1CCC(CNC(=O)C(N)c2ccccc2)C1. The third-order valence-corrected chi connectivity index (χ3v) is 3.50. The van der Waals surface area contributed by atoms with Gasteiger partial charge in [-0.1, -0.05) is 30.3 Å². The van der Waals surface area contributed by atoms with Crippen molar-refractivity contribution in [2.75, 3.05) is 26.7 Å². The summed E-state index contributed by atoms with van der Waals surface area (Å²) < 4.78 is 0. The molecule has 0 bridgehead atoms. The Morgan fingerprint density at radius 3 is 2.83 bits per heavy atom. The lowest BCUT2D eigenvalue weighted by Crippen LogP contribution is -2.37. The van der Waals surface area contributed by atoms with E-state index >= 15 is 0 Å². The van der Waals surface area contributed by atoms with Gasteiger partial charge in [0.1, 0.15) is 6.04 Å². The quantitative estimate of drug-likeness (QED) is 0.825. The van der Waals surface area contributed by atoms with Crippen LogP contribution in [0.4, 0.5) is 0 Å². The standard InChI is InChI=1S/C14H21N3O/c1-17-8-7-11(10-17)9-16-14(18)13(15)12-5-3-2-4-6-12/h2-6,11,13H,7-10,15H2,1H3,(H,16,18). The molecule has 0 saturated carbocycles. The summed E-state index contributed by atoms with van der Waals surface area (Å²) in [5.74, 6) is 0.470. The fourth-order valence-corrected chi connectivity index (χ4v) is 2.36. The zero-order valence-corrected chi connectivity index (χ0v) is 10.8. The molecule has 2 rings (SSSR count). The van der Waals surface area contributed by atoms with E-state index in [-0.39, 0.29) is 5.91 Å². The Hall–Kier alpha value is -1.39. The van der Waals surface area contributed by atoms with Crippen molar-refractivity contribution in [3.8, 4) is 0 Å². The van der Waals surface area contributed by atoms with Crippen molar-refractivity contribution in [2.24, 2.45) is 11.7 Å². The van der Waals surface area contributed by atoms with Crippen LogP contribution in [0.25, 0.3) is 0 Å². The van der Waals surface area contributed by atoms with Gasteiger partial charge in [-0.15, -0.1) is 0 Å². The van der Waals surface area contributed by atoms with Gasteiger partial charge in [-0.2, -0.15) is 0 Å². The molecule has 4 nitrogen and oxygen atoms in total. The molecule has 1 aromatic carbocycles. The number of carbonyl (C=O) groups excluding carboxylic acids is 1. The second-order valence-electron chi connectivity index (χ2n) is 5.05. The summed E-state index contributed by atoms with van der Waals surface area (Å²) in [6.07, 6.45) is 1.15. The summed E-state index contributed by atoms with van der Waals surface area (Å²) >= 11 is 0. The van der Waals surface area contributed by atoms with Crippen molar-refractivity contribution in [1.82, 2.24) is 10.2 Å². The van der Waals surface area contributed by atoms with Crippen LogP contribution in [0.3, 0.4) is 0 Å². The smallest absolute Gasteiger partial charge is 0.241 e. The van der Waals surface area contributed by atoms with Gasteiger partial charge < -0.3 is 16.0 Å². The topological polar surface area (TPSA) is 58.4 Å². The Kier molecular flexibility index (Phi) is 4.33. The molecule has 2 unspecified atom stereocenters. The van der Waals surface area contributed by atoms with E-state index in [0.717, 1.165) is 31.6 Å². The summed E-state index contributed by atoms with van der Waals surface area (Å²) in [5, 5.41) is 2.95. The molecule has 1 heterocycles. The van der Waals surface area contributed by atoms with Gasteiger partial charge in [-0.05, 0) is 31.5 Å². The highest BCUT2D eigenvalue weighted by Crippen LogP contribution is 2.14. The number of hydrogen-bond donors (Lipinski definition) is 2. The molecule has 0 aromatic heterocycles. The van der Waals surface area contributed by atoms with Crippen LogP contribution in [0.5, 0.6) is 0 Å². The molecule has 1 aliphatic rings. The Bertz CT molecular complexity index is 393. The molecule has 98 valence electrons.